The molecule has 0 amide bonds. The summed E-state index contributed by atoms with van der Waals surface area (Å²) < 4.78 is 32.1. The van der Waals surface area contributed by atoms with Crippen molar-refractivity contribution in [3.05, 3.63) is 46.9 Å². The van der Waals surface area contributed by atoms with Gasteiger partial charge < -0.3 is 21.0 Å². The van der Waals surface area contributed by atoms with Crippen molar-refractivity contribution >= 4 is 67.8 Å². The van der Waals surface area contributed by atoms with E-state index in [9.17, 15) is 17.8 Å². The molecule has 3 aromatic rings. The third-order valence-corrected chi connectivity index (χ3v) is 3.97. The number of benzene rings is 2. The Labute approximate surface area is 153 Å². The van der Waals surface area contributed by atoms with Crippen LogP contribution in [-0.2, 0) is 10.1 Å². The van der Waals surface area contributed by atoms with Crippen LogP contribution in [0.25, 0.3) is 11.0 Å². The Balaban J connectivity index is 0.00000192. The van der Waals surface area contributed by atoms with Gasteiger partial charge in [-0.1, -0.05) is 0 Å². The van der Waals surface area contributed by atoms with E-state index in [1.54, 1.807) is 18.2 Å². The van der Waals surface area contributed by atoms with Gasteiger partial charge in [-0.25, -0.2) is 4.79 Å². The number of aromatic nitrogens is 2. The minimum absolute atomic E-state index is 0. The molecule has 10 heteroatoms. The van der Waals surface area contributed by atoms with E-state index in [2.05, 4.69) is 15.3 Å². The number of rotatable bonds is 3. The number of hydrogen-bond acceptors (Lipinski definition) is 5. The molecule has 0 saturated carbocycles. The molecule has 8 nitrogen and oxygen atoms in total. The van der Waals surface area contributed by atoms with Gasteiger partial charge in [-0.3, -0.25) is 4.55 Å². The van der Waals surface area contributed by atoms with Crippen LogP contribution in [-0.4, -0.2) is 52.5 Å². The smallest absolute Gasteiger partial charge is 0.323 e. The van der Waals surface area contributed by atoms with Gasteiger partial charge >= 0.3 is 5.69 Å². The van der Waals surface area contributed by atoms with Crippen molar-refractivity contribution in [1.29, 1.82) is 0 Å². The van der Waals surface area contributed by atoms with Crippen LogP contribution in [0.15, 0.2) is 46.1 Å². The fourth-order valence-corrected chi connectivity index (χ4v) is 2.80. The molecule has 0 aliphatic carbocycles. The van der Waals surface area contributed by atoms with Crippen molar-refractivity contribution in [2.45, 2.75) is 4.90 Å². The number of hydrogen-bond donors (Lipinski definition) is 5. The van der Waals surface area contributed by atoms with Crippen molar-refractivity contribution in [2.24, 2.45) is 0 Å². The minimum atomic E-state index is -4.42. The average Bonchev–Trinajstić information content (AvgIpc) is 2.79. The van der Waals surface area contributed by atoms with Gasteiger partial charge in [0.2, 0.25) is 0 Å². The van der Waals surface area contributed by atoms with E-state index >= 15 is 0 Å². The summed E-state index contributed by atoms with van der Waals surface area (Å²) in [7, 11) is -4.42. The molecule has 0 saturated heterocycles. The Bertz CT molecular complexity index is 1030. The topological polar surface area (TPSA) is 141 Å². The summed E-state index contributed by atoms with van der Waals surface area (Å²) in [5.74, 6) is 0. The summed E-state index contributed by atoms with van der Waals surface area (Å²) in [5, 5.41) is 2.88. The second kappa shape index (κ2) is 6.38. The standard InChI is InChI=1S/C13H12N4O4S.Na/c14-7-1-3-10(12(5-7)22(19,20)21)15-8-2-4-9-11(6-8)17-13(18)16-9;/h1-6,15H,14H2,(H2,16,17,18)(H,19,20,21);. The molecule has 23 heavy (non-hydrogen) atoms. The van der Waals surface area contributed by atoms with Crippen molar-refractivity contribution in [2.75, 3.05) is 11.1 Å². The molecule has 6 N–H and O–H groups in total. The number of aromatic amines is 2. The van der Waals surface area contributed by atoms with Gasteiger partial charge in [0.15, 0.2) is 0 Å². The predicted octanol–water partition coefficient (Wildman–Crippen LogP) is 1.05. The van der Waals surface area contributed by atoms with Crippen LogP contribution in [0, 0.1) is 0 Å². The van der Waals surface area contributed by atoms with Gasteiger partial charge in [-0.15, -0.1) is 0 Å². The first-order valence-corrected chi connectivity index (χ1v) is 7.63. The molecule has 0 bridgehead atoms. The molecular formula is C13H12N4NaO4S. The van der Waals surface area contributed by atoms with Gasteiger partial charge in [0.1, 0.15) is 4.90 Å². The first-order chi connectivity index (χ1) is 10.3. The van der Waals surface area contributed by atoms with Gasteiger partial charge in [-0.05, 0) is 36.4 Å². The molecule has 115 valence electrons. The number of nitrogens with one attached hydrogen (secondary N) is 3. The van der Waals surface area contributed by atoms with Crippen LogP contribution in [0.2, 0.25) is 0 Å². The Kier molecular flexibility index (Phi) is 4.87. The van der Waals surface area contributed by atoms with E-state index in [1.807, 2.05) is 0 Å². The molecule has 0 fully saturated rings. The fraction of sp³-hybridized carbons (Fsp3) is 0. The maximum atomic E-state index is 11.4. The van der Waals surface area contributed by atoms with Gasteiger partial charge in [-0.2, -0.15) is 8.42 Å². The SMILES string of the molecule is Nc1ccc(Nc2ccc3[nH]c(=O)[nH]c3c2)c(S(=O)(=O)O)c1.[Na]. The summed E-state index contributed by atoms with van der Waals surface area (Å²) in [6.07, 6.45) is 0. The van der Waals surface area contributed by atoms with Crippen molar-refractivity contribution < 1.29 is 13.0 Å². The van der Waals surface area contributed by atoms with E-state index in [-0.39, 0.29) is 51.5 Å². The quantitative estimate of drug-likeness (QED) is 0.273. The van der Waals surface area contributed by atoms with Gasteiger partial charge in [0, 0.05) is 40.9 Å². The number of anilines is 3. The Morgan fingerprint density at radius 3 is 2.43 bits per heavy atom. The fourth-order valence-electron chi connectivity index (χ4n) is 2.12. The Hall–Kier alpha value is -1.78. The van der Waals surface area contributed by atoms with E-state index in [4.69, 9.17) is 5.73 Å². The van der Waals surface area contributed by atoms with Crippen LogP contribution in [0.4, 0.5) is 17.1 Å². The monoisotopic (exact) mass is 343 g/mol. The maximum Gasteiger partial charge on any atom is 0.323 e. The summed E-state index contributed by atoms with van der Waals surface area (Å²) in [4.78, 5) is 16.1. The van der Waals surface area contributed by atoms with E-state index in [0.717, 1.165) is 6.07 Å². The van der Waals surface area contributed by atoms with Crippen LogP contribution in [0.1, 0.15) is 0 Å². The summed E-state index contributed by atoms with van der Waals surface area (Å²) >= 11 is 0. The average molecular weight is 343 g/mol. The van der Waals surface area contributed by atoms with E-state index in [0.29, 0.717) is 16.7 Å². The number of H-pyrrole nitrogens is 2. The largest absolute Gasteiger partial charge is 0.399 e. The molecule has 1 radical (unpaired) electrons. The normalized spacial score (nSPS) is 11.2. The van der Waals surface area contributed by atoms with Gasteiger partial charge in [0.25, 0.3) is 10.1 Å². The van der Waals surface area contributed by atoms with E-state index < -0.39 is 10.1 Å². The third kappa shape index (κ3) is 3.77. The van der Waals surface area contributed by atoms with Gasteiger partial charge in [0.05, 0.1) is 16.7 Å². The zero-order chi connectivity index (χ0) is 15.9. The number of nitrogen functional groups attached to an aromatic ring is 1. The molecule has 1 aromatic heterocycles. The minimum Gasteiger partial charge on any atom is -0.399 e. The summed E-state index contributed by atoms with van der Waals surface area (Å²) in [6, 6.07) is 9.08. The van der Waals surface area contributed by atoms with Crippen LogP contribution in [0.5, 0.6) is 0 Å². The Morgan fingerprint density at radius 2 is 1.74 bits per heavy atom. The second-order valence-corrected chi connectivity index (χ2v) is 6.09. The van der Waals surface area contributed by atoms with E-state index in [1.165, 1.54) is 12.1 Å². The molecule has 2 aromatic carbocycles. The predicted molar refractivity (Wildman–Crippen MR) is 88.6 cm³/mol. The molecular weight excluding hydrogens is 331 g/mol. The molecule has 0 aliphatic rings. The molecule has 3 rings (SSSR count). The van der Waals surface area contributed by atoms with Crippen molar-refractivity contribution in [3.8, 4) is 0 Å². The Morgan fingerprint density at radius 1 is 1.04 bits per heavy atom. The van der Waals surface area contributed by atoms with Crippen molar-refractivity contribution in [3.63, 3.8) is 0 Å². The molecule has 0 atom stereocenters. The summed E-state index contributed by atoms with van der Waals surface area (Å²) in [6.45, 7) is 0. The third-order valence-electron chi connectivity index (χ3n) is 3.08. The first-order valence-electron chi connectivity index (χ1n) is 6.19. The van der Waals surface area contributed by atoms with Crippen molar-refractivity contribution in [1.82, 2.24) is 9.97 Å². The number of fused-ring (bicyclic) bond motifs is 1. The molecule has 0 unspecified atom stereocenters. The second-order valence-electron chi connectivity index (χ2n) is 4.70. The number of imidazole rings is 1. The number of nitrogens with two attached hydrogens (primary N) is 1. The summed E-state index contributed by atoms with van der Waals surface area (Å²) in [5.41, 5.74) is 7.33. The molecule has 0 aliphatic heterocycles. The van der Waals surface area contributed by atoms with Crippen LogP contribution >= 0.6 is 0 Å². The van der Waals surface area contributed by atoms with Crippen LogP contribution in [0.3, 0.4) is 0 Å². The van der Waals surface area contributed by atoms with Crippen LogP contribution < -0.4 is 16.7 Å². The maximum absolute atomic E-state index is 11.4. The zero-order valence-corrected chi connectivity index (χ0v) is 14.9. The molecule has 1 heterocycles. The zero-order valence-electron chi connectivity index (χ0n) is 12.1. The first kappa shape index (κ1) is 17.6. The molecule has 0 spiro atoms.